The molecule has 2 aromatic rings. The van der Waals surface area contributed by atoms with E-state index in [4.69, 9.17) is 5.73 Å². The Kier molecular flexibility index (Phi) is 4.99. The van der Waals surface area contributed by atoms with E-state index in [0.717, 1.165) is 19.6 Å². The number of rotatable bonds is 7. The van der Waals surface area contributed by atoms with Crippen molar-refractivity contribution in [3.05, 3.63) is 12.7 Å². The molecule has 21 heavy (non-hydrogen) atoms. The van der Waals surface area contributed by atoms with Crippen LogP contribution in [0.2, 0.25) is 0 Å². The number of nitrogens with zero attached hydrogens (tertiary/aromatic N) is 7. The van der Waals surface area contributed by atoms with Crippen molar-refractivity contribution in [3.8, 4) is 5.95 Å². The van der Waals surface area contributed by atoms with Crippen LogP contribution < -0.4 is 11.1 Å². The average Bonchev–Trinajstić information content (AvgIpc) is 2.98. The highest BCUT2D eigenvalue weighted by Crippen LogP contribution is 2.07. The Hall–Kier alpha value is -2.29. The van der Waals surface area contributed by atoms with Gasteiger partial charge in [-0.1, -0.05) is 13.8 Å². The summed E-state index contributed by atoms with van der Waals surface area (Å²) in [6.45, 7) is 9.27. The van der Waals surface area contributed by atoms with Crippen LogP contribution in [0.15, 0.2) is 12.7 Å². The van der Waals surface area contributed by atoms with E-state index in [9.17, 15) is 0 Å². The maximum absolute atomic E-state index is 5.72. The minimum absolute atomic E-state index is 0.146. The molecule has 3 N–H and O–H groups in total. The smallest absolute Gasteiger partial charge is 0.258 e. The van der Waals surface area contributed by atoms with Crippen LogP contribution >= 0.6 is 0 Å². The van der Waals surface area contributed by atoms with Gasteiger partial charge in [0.2, 0.25) is 11.9 Å². The van der Waals surface area contributed by atoms with Gasteiger partial charge in [-0.3, -0.25) is 0 Å². The Bertz CT molecular complexity index is 550. The maximum atomic E-state index is 5.72. The van der Waals surface area contributed by atoms with E-state index in [2.05, 4.69) is 56.0 Å². The molecule has 9 nitrogen and oxygen atoms in total. The van der Waals surface area contributed by atoms with E-state index in [0.29, 0.717) is 11.9 Å². The van der Waals surface area contributed by atoms with Crippen LogP contribution in [-0.2, 0) is 0 Å². The van der Waals surface area contributed by atoms with Gasteiger partial charge in [-0.15, -0.1) is 0 Å². The molecule has 9 heteroatoms. The van der Waals surface area contributed by atoms with Gasteiger partial charge >= 0.3 is 0 Å². The van der Waals surface area contributed by atoms with Crippen LogP contribution in [-0.4, -0.2) is 60.3 Å². The molecule has 0 radical (unpaired) electrons. The van der Waals surface area contributed by atoms with Crippen molar-refractivity contribution in [2.45, 2.75) is 26.8 Å². The quantitative estimate of drug-likeness (QED) is 0.743. The van der Waals surface area contributed by atoms with Crippen molar-refractivity contribution in [3.63, 3.8) is 0 Å². The molecule has 2 rings (SSSR count). The van der Waals surface area contributed by atoms with Crippen LogP contribution in [0.25, 0.3) is 5.95 Å². The predicted octanol–water partition coefficient (Wildman–Crippen LogP) is 0.177. The van der Waals surface area contributed by atoms with Gasteiger partial charge in [0.25, 0.3) is 5.95 Å². The van der Waals surface area contributed by atoms with Crippen molar-refractivity contribution in [1.29, 1.82) is 0 Å². The molecule has 0 spiro atoms. The third-order valence-corrected chi connectivity index (χ3v) is 3.07. The van der Waals surface area contributed by atoms with Gasteiger partial charge in [-0.05, 0) is 20.0 Å². The van der Waals surface area contributed by atoms with Crippen molar-refractivity contribution >= 4 is 11.9 Å². The molecule has 0 saturated heterocycles. The lowest BCUT2D eigenvalue weighted by Gasteiger charge is -2.23. The van der Waals surface area contributed by atoms with Crippen LogP contribution in [0.5, 0.6) is 0 Å². The third-order valence-electron chi connectivity index (χ3n) is 3.07. The molecule has 0 aliphatic heterocycles. The number of hydrogen-bond acceptors (Lipinski definition) is 8. The minimum atomic E-state index is 0.146. The van der Waals surface area contributed by atoms with E-state index in [1.54, 1.807) is 0 Å². The predicted molar refractivity (Wildman–Crippen MR) is 80.0 cm³/mol. The van der Waals surface area contributed by atoms with E-state index in [1.807, 2.05) is 0 Å². The van der Waals surface area contributed by atoms with Crippen molar-refractivity contribution < 1.29 is 0 Å². The Morgan fingerprint density at radius 1 is 1.29 bits per heavy atom. The molecule has 0 aliphatic carbocycles. The van der Waals surface area contributed by atoms with Crippen molar-refractivity contribution in [2.75, 3.05) is 30.7 Å². The third kappa shape index (κ3) is 4.09. The Balaban J connectivity index is 2.10. The van der Waals surface area contributed by atoms with Gasteiger partial charge in [-0.25, -0.2) is 4.98 Å². The number of anilines is 2. The lowest BCUT2D eigenvalue weighted by Crippen LogP contribution is -2.35. The molecule has 0 bridgehead atoms. The summed E-state index contributed by atoms with van der Waals surface area (Å²) in [5.41, 5.74) is 5.72. The first kappa shape index (κ1) is 15.1. The number of nitrogen functional groups attached to an aromatic ring is 1. The number of hydrogen-bond donors (Lipinski definition) is 2. The van der Waals surface area contributed by atoms with Crippen LogP contribution in [0.1, 0.15) is 20.8 Å². The summed E-state index contributed by atoms with van der Waals surface area (Å²) in [6.07, 6.45) is 2.92. The first-order valence-corrected chi connectivity index (χ1v) is 6.97. The lowest BCUT2D eigenvalue weighted by atomic mass is 10.3. The Morgan fingerprint density at radius 3 is 2.67 bits per heavy atom. The fourth-order valence-corrected chi connectivity index (χ4v) is 1.99. The highest BCUT2D eigenvalue weighted by molar-refractivity contribution is 5.35. The second-order valence-corrected chi connectivity index (χ2v) is 4.69. The lowest BCUT2D eigenvalue weighted by molar-refractivity contribution is 0.294. The zero-order chi connectivity index (χ0) is 15.2. The first-order valence-electron chi connectivity index (χ1n) is 6.97. The number of aromatic nitrogens is 6. The monoisotopic (exact) mass is 291 g/mol. The number of nitrogens with one attached hydrogen (secondary N) is 1. The summed E-state index contributed by atoms with van der Waals surface area (Å²) in [6, 6.07) is 0.190. The average molecular weight is 291 g/mol. The van der Waals surface area contributed by atoms with Gasteiger partial charge < -0.3 is 16.0 Å². The molecule has 0 fully saturated rings. The Labute approximate surface area is 123 Å². The zero-order valence-electron chi connectivity index (χ0n) is 12.6. The molecule has 0 saturated carbocycles. The molecule has 0 amide bonds. The van der Waals surface area contributed by atoms with Gasteiger partial charge in [0, 0.05) is 12.6 Å². The normalized spacial score (nSPS) is 12.6. The van der Waals surface area contributed by atoms with Gasteiger partial charge in [0.05, 0.1) is 0 Å². The standard InChI is InChI=1S/C12H21N9/c1-4-20(5-2)6-9(3)16-11-17-10(13)18-12(19-11)21-8-14-7-15-21/h7-9H,4-6H2,1-3H3,(H3,13,16,17,18,19). The topological polar surface area (TPSA) is 111 Å². The SMILES string of the molecule is CCN(CC)CC(C)Nc1nc(N)nc(-n2cncn2)n1. The summed E-state index contributed by atoms with van der Waals surface area (Å²) in [4.78, 5) is 18.6. The molecule has 0 aliphatic rings. The van der Waals surface area contributed by atoms with E-state index >= 15 is 0 Å². The minimum Gasteiger partial charge on any atom is -0.368 e. The van der Waals surface area contributed by atoms with Gasteiger partial charge in [0.1, 0.15) is 12.7 Å². The van der Waals surface area contributed by atoms with Crippen LogP contribution in [0, 0.1) is 0 Å². The van der Waals surface area contributed by atoms with Crippen LogP contribution in [0.4, 0.5) is 11.9 Å². The number of nitrogens with two attached hydrogens (primary N) is 1. The Morgan fingerprint density at radius 2 is 2.05 bits per heavy atom. The molecular formula is C12H21N9. The number of likely N-dealkylation sites (N-methyl/N-ethyl adjacent to an activating group) is 1. The maximum Gasteiger partial charge on any atom is 0.258 e. The highest BCUT2D eigenvalue weighted by atomic mass is 15.4. The van der Waals surface area contributed by atoms with Gasteiger partial charge in [-0.2, -0.15) is 24.7 Å². The molecule has 1 unspecified atom stereocenters. The first-order chi connectivity index (χ1) is 10.1. The molecular weight excluding hydrogens is 270 g/mol. The molecule has 2 heterocycles. The van der Waals surface area contributed by atoms with Crippen molar-refractivity contribution in [2.24, 2.45) is 0 Å². The summed E-state index contributed by atoms with van der Waals surface area (Å²) in [7, 11) is 0. The summed E-state index contributed by atoms with van der Waals surface area (Å²) < 4.78 is 1.44. The summed E-state index contributed by atoms with van der Waals surface area (Å²) >= 11 is 0. The van der Waals surface area contributed by atoms with E-state index in [1.165, 1.54) is 17.3 Å². The van der Waals surface area contributed by atoms with Crippen LogP contribution in [0.3, 0.4) is 0 Å². The summed E-state index contributed by atoms with van der Waals surface area (Å²) in [5.74, 6) is 0.929. The second-order valence-electron chi connectivity index (χ2n) is 4.69. The van der Waals surface area contributed by atoms with Gasteiger partial charge in [0.15, 0.2) is 0 Å². The fraction of sp³-hybridized carbons (Fsp3) is 0.583. The molecule has 1 atom stereocenters. The van der Waals surface area contributed by atoms with E-state index < -0.39 is 0 Å². The van der Waals surface area contributed by atoms with E-state index in [-0.39, 0.29) is 12.0 Å². The molecule has 114 valence electrons. The molecule has 2 aromatic heterocycles. The summed E-state index contributed by atoms with van der Waals surface area (Å²) in [5, 5.41) is 7.22. The fourth-order valence-electron chi connectivity index (χ4n) is 1.99. The zero-order valence-corrected chi connectivity index (χ0v) is 12.6. The van der Waals surface area contributed by atoms with Crippen molar-refractivity contribution in [1.82, 2.24) is 34.6 Å². The molecule has 0 aromatic carbocycles. The largest absolute Gasteiger partial charge is 0.368 e. The second kappa shape index (κ2) is 6.93. The highest BCUT2D eigenvalue weighted by Gasteiger charge is 2.11.